The maximum Gasteiger partial charge on any atom is 0.312 e. The van der Waals surface area contributed by atoms with Crippen LogP contribution >= 0.6 is 0 Å². The number of phenolic OH excluding ortho intramolecular Hbond substituents is 1. The fraction of sp³-hybridized carbons (Fsp3) is 0.617. The lowest BCUT2D eigenvalue weighted by Gasteiger charge is -2.67. The second-order valence-corrected chi connectivity index (χ2v) is 19.8. The number of allylic oxidation sites excluding steroid dienone is 3. The molecule has 1 spiro atoms. The number of rotatable bonds is 6. The second-order valence-electron chi connectivity index (χ2n) is 19.8. The number of ether oxygens (including phenoxy) is 4. The Hall–Kier alpha value is -3.50. The zero-order valence-electron chi connectivity index (χ0n) is 33.0. The number of aromatic hydroxyl groups is 1. The van der Waals surface area contributed by atoms with E-state index in [1.807, 2.05) is 6.07 Å². The molecule has 3 aliphatic heterocycles. The number of esters is 2. The van der Waals surface area contributed by atoms with Crippen LogP contribution in [0.3, 0.4) is 0 Å². The zero-order valence-corrected chi connectivity index (χ0v) is 33.0. The highest BCUT2D eigenvalue weighted by molar-refractivity contribution is 5.76. The van der Waals surface area contributed by atoms with Crippen LogP contribution < -0.4 is 0 Å². The number of fused-ring (bicyclic) bond motifs is 5. The molecule has 3 N–H and O–H groups in total. The summed E-state index contributed by atoms with van der Waals surface area (Å²) >= 11 is 0. The Morgan fingerprint density at radius 1 is 1.00 bits per heavy atom. The Kier molecular flexibility index (Phi) is 7.91. The van der Waals surface area contributed by atoms with E-state index in [4.69, 9.17) is 18.9 Å². The van der Waals surface area contributed by atoms with Crippen molar-refractivity contribution in [3.63, 3.8) is 0 Å². The first-order valence-electron chi connectivity index (χ1n) is 20.9. The van der Waals surface area contributed by atoms with Gasteiger partial charge in [-0.05, 0) is 109 Å². The van der Waals surface area contributed by atoms with Gasteiger partial charge in [-0.25, -0.2) is 0 Å². The maximum absolute atomic E-state index is 13.9. The van der Waals surface area contributed by atoms with Crippen LogP contribution in [0.25, 0.3) is 0 Å². The number of aliphatic hydroxyl groups excluding tert-OH is 2. The van der Waals surface area contributed by atoms with Crippen molar-refractivity contribution in [2.24, 2.45) is 50.7 Å². The van der Waals surface area contributed by atoms with E-state index < -0.39 is 35.5 Å². The van der Waals surface area contributed by atoms with Gasteiger partial charge in [-0.1, -0.05) is 87.0 Å². The average molecular weight is 765 g/mol. The molecule has 9 nitrogen and oxygen atoms in total. The van der Waals surface area contributed by atoms with Crippen molar-refractivity contribution in [3.05, 3.63) is 89.5 Å². The van der Waals surface area contributed by atoms with E-state index in [0.717, 1.165) is 44.1 Å². The predicted octanol–water partition coefficient (Wildman–Crippen LogP) is 7.14. The standard InChI is InChI=1S/C47H56O9/c1-41-19-16-30-22-34(29-8-6-5-7-9-29)53-26-42(30,2)36(41)23-37(49)44(4)35(41)18-20-45-25-46(44,45)21-17-33(45)32-24-47(56-39(32)51)40(52)43(3,27-54-47)55-38(50)15-12-28-10-13-31(48)14-11-28/h5-11,13-14,16,18,20,32-37,40,48-49,52H,12,15,17,19,21-27H2,1-4H3/t32-,33-,34-,35+,36+,37+,40-,41+,42-,43-,44-,45?,46?,47-/m0/s1. The van der Waals surface area contributed by atoms with Crippen molar-refractivity contribution in [2.45, 2.75) is 115 Å². The van der Waals surface area contributed by atoms with Gasteiger partial charge in [0, 0.05) is 23.7 Å². The van der Waals surface area contributed by atoms with Gasteiger partial charge in [-0.2, -0.15) is 0 Å². The lowest BCUT2D eigenvalue weighted by Crippen LogP contribution is -2.64. The quantitative estimate of drug-likeness (QED) is 0.208. The molecule has 0 radical (unpaired) electrons. The number of hydrogen-bond acceptors (Lipinski definition) is 9. The normalized spacial score (nSPS) is 48.2. The Labute approximate surface area is 329 Å². The number of aliphatic hydroxyl groups is 2. The highest BCUT2D eigenvalue weighted by Crippen LogP contribution is 2.89. The molecule has 3 heterocycles. The number of hydrogen-bond donors (Lipinski definition) is 3. The molecule has 3 saturated heterocycles. The number of carbonyl (C=O) groups excluding carboxylic acids is 2. The summed E-state index contributed by atoms with van der Waals surface area (Å²) in [7, 11) is 0. The van der Waals surface area contributed by atoms with Crippen molar-refractivity contribution >= 4 is 11.9 Å². The third-order valence-electron chi connectivity index (χ3n) is 17.3. The van der Waals surface area contributed by atoms with Crippen molar-refractivity contribution < 1.29 is 43.9 Å². The summed E-state index contributed by atoms with van der Waals surface area (Å²) in [5.41, 5.74) is 1.27. The van der Waals surface area contributed by atoms with Crippen molar-refractivity contribution in [1.82, 2.24) is 0 Å². The summed E-state index contributed by atoms with van der Waals surface area (Å²) in [5.74, 6) is -2.32. The highest BCUT2D eigenvalue weighted by atomic mass is 16.8. The van der Waals surface area contributed by atoms with E-state index in [1.54, 1.807) is 31.2 Å². The fourth-order valence-corrected chi connectivity index (χ4v) is 14.4. The van der Waals surface area contributed by atoms with Crippen LogP contribution in [0.15, 0.2) is 78.4 Å². The summed E-state index contributed by atoms with van der Waals surface area (Å²) in [6, 6.07) is 17.2. The average Bonchev–Trinajstić information content (AvgIpc) is 3.47. The van der Waals surface area contributed by atoms with Gasteiger partial charge in [0.25, 0.3) is 0 Å². The van der Waals surface area contributed by atoms with Gasteiger partial charge in [0.05, 0.1) is 31.3 Å². The molecule has 2 unspecified atom stereocenters. The monoisotopic (exact) mass is 764 g/mol. The van der Waals surface area contributed by atoms with Gasteiger partial charge in [0.2, 0.25) is 5.79 Å². The van der Waals surface area contributed by atoms with E-state index in [9.17, 15) is 24.9 Å². The molecule has 0 aromatic heterocycles. The molecule has 3 saturated carbocycles. The van der Waals surface area contributed by atoms with Crippen molar-refractivity contribution in [1.29, 1.82) is 0 Å². The Bertz CT molecular complexity index is 2010. The first-order valence-corrected chi connectivity index (χ1v) is 20.9. The van der Waals surface area contributed by atoms with Crippen LogP contribution in [-0.4, -0.2) is 64.1 Å². The van der Waals surface area contributed by atoms with Crippen LogP contribution in [0.1, 0.15) is 96.3 Å². The molecular formula is C47H56O9. The van der Waals surface area contributed by atoms with Gasteiger partial charge in [-0.3, -0.25) is 9.59 Å². The Morgan fingerprint density at radius 3 is 2.54 bits per heavy atom. The number of phenols is 1. The molecular weight excluding hydrogens is 709 g/mol. The Balaban J connectivity index is 0.873. The smallest absolute Gasteiger partial charge is 0.312 e. The number of aryl methyl sites for hydroxylation is 1. The molecule has 56 heavy (non-hydrogen) atoms. The third-order valence-corrected chi connectivity index (χ3v) is 17.3. The van der Waals surface area contributed by atoms with Crippen LogP contribution in [0.4, 0.5) is 0 Å². The van der Waals surface area contributed by atoms with Gasteiger partial charge in [0.15, 0.2) is 11.7 Å². The van der Waals surface area contributed by atoms with Crippen molar-refractivity contribution in [2.75, 3.05) is 13.2 Å². The molecule has 2 aromatic carbocycles. The molecule has 14 atom stereocenters. The summed E-state index contributed by atoms with van der Waals surface area (Å²) in [4.78, 5) is 26.9. The molecule has 298 valence electrons. The minimum Gasteiger partial charge on any atom is -0.508 e. The minimum atomic E-state index is -1.58. The lowest BCUT2D eigenvalue weighted by molar-refractivity contribution is -0.224. The molecule has 9 heteroatoms. The maximum atomic E-state index is 13.9. The van der Waals surface area contributed by atoms with Gasteiger partial charge in [0.1, 0.15) is 5.75 Å². The molecule has 6 fully saturated rings. The topological polar surface area (TPSA) is 132 Å². The SMILES string of the molecule is C[C@]12CC=C3C[C@@H](c4ccccc4)OC[C@]3(C)[C@@H]1C[C@@H](O)[C@]1(C)[C@@H]2C=CC23CC21CC[C@H]3[C@@H]1C[C@]2(OC[C@](C)(OC(=O)CCc3ccc(O)cc3)[C@@H]2O)OC1=O. The van der Waals surface area contributed by atoms with E-state index in [-0.39, 0.29) is 82.1 Å². The van der Waals surface area contributed by atoms with Gasteiger partial charge < -0.3 is 34.3 Å². The van der Waals surface area contributed by atoms with Crippen LogP contribution in [-0.2, 0) is 35.0 Å². The van der Waals surface area contributed by atoms with Gasteiger partial charge in [-0.15, -0.1) is 0 Å². The molecule has 0 amide bonds. The predicted molar refractivity (Wildman–Crippen MR) is 206 cm³/mol. The first kappa shape index (κ1) is 36.8. The zero-order chi connectivity index (χ0) is 39.1. The number of benzene rings is 2. The van der Waals surface area contributed by atoms with Crippen LogP contribution in [0, 0.1) is 50.7 Å². The Morgan fingerprint density at radius 2 is 1.77 bits per heavy atom. The highest BCUT2D eigenvalue weighted by Gasteiger charge is 2.85. The van der Waals surface area contributed by atoms with Crippen molar-refractivity contribution in [3.8, 4) is 5.75 Å². The minimum absolute atomic E-state index is 0.00585. The lowest BCUT2D eigenvalue weighted by atomic mass is 9.38. The summed E-state index contributed by atoms with van der Waals surface area (Å²) in [5, 5.41) is 33.8. The molecule has 8 aliphatic rings. The summed E-state index contributed by atoms with van der Waals surface area (Å²) < 4.78 is 24.7. The molecule has 0 bridgehead atoms. The fourth-order valence-electron chi connectivity index (χ4n) is 14.4. The van der Waals surface area contributed by atoms with E-state index in [1.165, 1.54) is 11.1 Å². The third kappa shape index (κ3) is 4.74. The van der Waals surface area contributed by atoms with Crippen LogP contribution in [0.5, 0.6) is 5.75 Å². The van der Waals surface area contributed by atoms with E-state index in [0.29, 0.717) is 13.0 Å². The van der Waals surface area contributed by atoms with Crippen LogP contribution in [0.2, 0.25) is 0 Å². The molecule has 2 aromatic rings. The molecule has 5 aliphatic carbocycles. The van der Waals surface area contributed by atoms with E-state index >= 15 is 0 Å². The van der Waals surface area contributed by atoms with Gasteiger partial charge >= 0.3 is 11.9 Å². The van der Waals surface area contributed by atoms with E-state index in [2.05, 4.69) is 63.3 Å². The first-order chi connectivity index (χ1) is 26.6. The summed E-state index contributed by atoms with van der Waals surface area (Å²) in [6.45, 7) is 9.39. The largest absolute Gasteiger partial charge is 0.508 e. The summed E-state index contributed by atoms with van der Waals surface area (Å²) in [6.07, 6.45) is 11.6. The second kappa shape index (κ2) is 12.0. The number of carbonyl (C=O) groups is 2. The molecule has 10 rings (SSSR count).